The van der Waals surface area contributed by atoms with E-state index >= 15 is 0 Å². The molecule has 2 aliphatic rings. The van der Waals surface area contributed by atoms with Gasteiger partial charge in [0.2, 0.25) is 0 Å². The van der Waals surface area contributed by atoms with Gasteiger partial charge in [0.05, 0.1) is 6.07 Å². The van der Waals surface area contributed by atoms with Gasteiger partial charge >= 0.3 is 0 Å². The quantitative estimate of drug-likeness (QED) is 0.569. The Hall–Kier alpha value is -0.510. The van der Waals surface area contributed by atoms with E-state index < -0.39 is 0 Å². The van der Waals surface area contributed by atoms with Crippen LogP contribution in [0.3, 0.4) is 0 Å². The van der Waals surface area contributed by atoms with Crippen molar-refractivity contribution in [3.8, 4) is 6.07 Å². The number of nitriles is 1. The molecule has 0 heterocycles. The molecule has 0 aromatic heterocycles. The fourth-order valence-electron chi connectivity index (χ4n) is 4.85. The zero-order valence-electron chi connectivity index (χ0n) is 13.6. The number of hydrogen-bond donors (Lipinski definition) is 0. The highest BCUT2D eigenvalue weighted by Crippen LogP contribution is 2.45. The second kappa shape index (κ2) is 8.06. The summed E-state index contributed by atoms with van der Waals surface area (Å²) >= 11 is 0. The fourth-order valence-corrected chi connectivity index (χ4v) is 4.85. The first kappa shape index (κ1) is 15.9. The zero-order valence-corrected chi connectivity index (χ0v) is 13.6. The Labute approximate surface area is 126 Å². The summed E-state index contributed by atoms with van der Waals surface area (Å²) in [6.07, 6.45) is 15.1. The normalized spacial score (nSPS) is 38.4. The summed E-state index contributed by atoms with van der Waals surface area (Å²) in [7, 11) is 0. The second-order valence-electron chi connectivity index (χ2n) is 7.56. The molecule has 3 unspecified atom stereocenters. The van der Waals surface area contributed by atoms with Crippen LogP contribution in [0.4, 0.5) is 0 Å². The maximum Gasteiger partial charge on any atom is 0.0655 e. The highest BCUT2D eigenvalue weighted by molar-refractivity contribution is 4.91. The number of rotatable bonds is 5. The van der Waals surface area contributed by atoms with Gasteiger partial charge in [-0.05, 0) is 62.2 Å². The highest BCUT2D eigenvalue weighted by Gasteiger charge is 2.34. The molecular weight excluding hydrogens is 242 g/mol. The average molecular weight is 275 g/mol. The lowest BCUT2D eigenvalue weighted by Gasteiger charge is -2.41. The first-order valence-corrected chi connectivity index (χ1v) is 9.14. The van der Waals surface area contributed by atoms with Gasteiger partial charge in [-0.25, -0.2) is 0 Å². The molecule has 1 heteroatoms. The van der Waals surface area contributed by atoms with E-state index in [2.05, 4.69) is 19.9 Å². The van der Waals surface area contributed by atoms with Crippen molar-refractivity contribution in [1.82, 2.24) is 0 Å². The monoisotopic (exact) mass is 275 g/mol. The minimum Gasteiger partial charge on any atom is -0.198 e. The smallest absolute Gasteiger partial charge is 0.0655 e. The number of hydrogen-bond acceptors (Lipinski definition) is 1. The molecule has 0 bridgehead atoms. The van der Waals surface area contributed by atoms with Crippen molar-refractivity contribution in [3.63, 3.8) is 0 Å². The molecule has 114 valence electrons. The molecule has 2 fully saturated rings. The van der Waals surface area contributed by atoms with Gasteiger partial charge in [0.1, 0.15) is 0 Å². The first-order valence-electron chi connectivity index (χ1n) is 9.14. The molecule has 0 saturated heterocycles. The van der Waals surface area contributed by atoms with Gasteiger partial charge < -0.3 is 0 Å². The summed E-state index contributed by atoms with van der Waals surface area (Å²) < 4.78 is 0. The Morgan fingerprint density at radius 2 is 1.75 bits per heavy atom. The van der Waals surface area contributed by atoms with Crippen LogP contribution in [0.1, 0.15) is 84.5 Å². The van der Waals surface area contributed by atoms with Gasteiger partial charge in [-0.1, -0.05) is 46.0 Å². The van der Waals surface area contributed by atoms with Gasteiger partial charge in [-0.3, -0.25) is 0 Å². The Morgan fingerprint density at radius 3 is 2.35 bits per heavy atom. The highest BCUT2D eigenvalue weighted by atomic mass is 14.4. The van der Waals surface area contributed by atoms with E-state index in [1.807, 2.05) is 0 Å². The van der Waals surface area contributed by atoms with Crippen molar-refractivity contribution < 1.29 is 0 Å². The van der Waals surface area contributed by atoms with E-state index in [1.165, 1.54) is 70.6 Å². The van der Waals surface area contributed by atoms with Gasteiger partial charge in [-0.2, -0.15) is 5.26 Å². The Balaban J connectivity index is 1.74. The van der Waals surface area contributed by atoms with Crippen LogP contribution in [0, 0.1) is 40.9 Å². The Morgan fingerprint density at radius 1 is 1.00 bits per heavy atom. The minimum absolute atomic E-state index is 0.368. The van der Waals surface area contributed by atoms with Gasteiger partial charge in [0.25, 0.3) is 0 Å². The minimum atomic E-state index is 0.368. The molecule has 0 aliphatic heterocycles. The van der Waals surface area contributed by atoms with Gasteiger partial charge in [-0.15, -0.1) is 0 Å². The van der Waals surface area contributed by atoms with Crippen LogP contribution in [0.25, 0.3) is 0 Å². The number of nitrogens with zero attached hydrogens (tertiary/aromatic N) is 1. The molecule has 1 nitrogen and oxygen atoms in total. The van der Waals surface area contributed by atoms with E-state index in [0.717, 1.165) is 23.7 Å². The van der Waals surface area contributed by atoms with E-state index in [0.29, 0.717) is 5.92 Å². The summed E-state index contributed by atoms with van der Waals surface area (Å²) in [6, 6.07) is 2.47. The Kier molecular flexibility index (Phi) is 6.40. The lowest BCUT2D eigenvalue weighted by Crippen LogP contribution is -2.31. The molecule has 0 radical (unpaired) electrons. The largest absolute Gasteiger partial charge is 0.198 e. The topological polar surface area (TPSA) is 23.8 Å². The van der Waals surface area contributed by atoms with E-state index in [1.54, 1.807) is 0 Å². The molecule has 3 atom stereocenters. The summed E-state index contributed by atoms with van der Waals surface area (Å²) in [6.45, 7) is 4.81. The van der Waals surface area contributed by atoms with E-state index in [4.69, 9.17) is 5.26 Å². The summed E-state index contributed by atoms with van der Waals surface area (Å²) in [4.78, 5) is 0. The summed E-state index contributed by atoms with van der Waals surface area (Å²) in [5.41, 5.74) is 0. The lowest BCUT2D eigenvalue weighted by molar-refractivity contribution is 0.0994. The third-order valence-corrected chi connectivity index (χ3v) is 6.12. The predicted octanol–water partition coefficient (Wildman–Crippen LogP) is 5.95. The maximum atomic E-state index is 9.03. The van der Waals surface area contributed by atoms with Crippen molar-refractivity contribution in [3.05, 3.63) is 0 Å². The summed E-state index contributed by atoms with van der Waals surface area (Å²) in [5, 5.41) is 9.03. The van der Waals surface area contributed by atoms with Gasteiger partial charge in [0, 0.05) is 5.92 Å². The van der Waals surface area contributed by atoms with Crippen LogP contribution in [0.2, 0.25) is 0 Å². The molecule has 0 aromatic carbocycles. The molecule has 20 heavy (non-hydrogen) atoms. The molecule has 0 spiro atoms. The molecular formula is C19H33N. The lowest BCUT2D eigenvalue weighted by atomic mass is 9.64. The SMILES string of the molecule is CCCCCC1CCC([C@H]2CC[C@H](C#N)CC2)C(C)C1. The second-order valence-corrected chi connectivity index (χ2v) is 7.56. The standard InChI is InChI=1S/C19H33N/c1-3-4-5-6-16-9-12-19(15(2)13-16)18-10-7-17(14-20)8-11-18/h15-19H,3-13H2,1-2H3/t15?,16?,17-,18-,19?. The fraction of sp³-hybridized carbons (Fsp3) is 0.947. The van der Waals surface area contributed by atoms with Crippen LogP contribution in [-0.2, 0) is 0 Å². The Bertz CT molecular complexity index is 308. The molecule has 0 N–H and O–H groups in total. The summed E-state index contributed by atoms with van der Waals surface area (Å²) in [5.74, 6) is 4.22. The van der Waals surface area contributed by atoms with Crippen LogP contribution < -0.4 is 0 Å². The molecule has 0 aromatic rings. The van der Waals surface area contributed by atoms with Crippen molar-refractivity contribution in [2.24, 2.45) is 29.6 Å². The number of unbranched alkanes of at least 4 members (excludes halogenated alkanes) is 2. The van der Waals surface area contributed by atoms with Crippen LogP contribution in [-0.4, -0.2) is 0 Å². The van der Waals surface area contributed by atoms with Crippen LogP contribution >= 0.6 is 0 Å². The average Bonchev–Trinajstić information content (AvgIpc) is 2.48. The van der Waals surface area contributed by atoms with Gasteiger partial charge in [0.15, 0.2) is 0 Å². The van der Waals surface area contributed by atoms with Crippen LogP contribution in [0.5, 0.6) is 0 Å². The molecule has 2 rings (SSSR count). The third kappa shape index (κ3) is 4.24. The maximum absolute atomic E-state index is 9.03. The van der Waals surface area contributed by atoms with Crippen molar-refractivity contribution in [2.75, 3.05) is 0 Å². The van der Waals surface area contributed by atoms with E-state index in [-0.39, 0.29) is 0 Å². The van der Waals surface area contributed by atoms with Crippen molar-refractivity contribution in [1.29, 1.82) is 5.26 Å². The van der Waals surface area contributed by atoms with Crippen LogP contribution in [0.15, 0.2) is 0 Å². The molecule has 2 saturated carbocycles. The van der Waals surface area contributed by atoms with Crippen molar-refractivity contribution >= 4 is 0 Å². The predicted molar refractivity (Wildman–Crippen MR) is 85.2 cm³/mol. The van der Waals surface area contributed by atoms with Crippen molar-refractivity contribution in [2.45, 2.75) is 84.5 Å². The molecule has 2 aliphatic carbocycles. The first-order chi connectivity index (χ1) is 9.74. The zero-order chi connectivity index (χ0) is 14.4. The molecule has 0 amide bonds. The van der Waals surface area contributed by atoms with E-state index in [9.17, 15) is 0 Å². The third-order valence-electron chi connectivity index (χ3n) is 6.12.